The summed E-state index contributed by atoms with van der Waals surface area (Å²) in [5.41, 5.74) is 1.25. The van der Waals surface area contributed by atoms with E-state index in [1.165, 1.54) is 17.4 Å². The lowest BCUT2D eigenvalue weighted by molar-refractivity contribution is -0.402. The Morgan fingerprint density at radius 3 is 2.72 bits per heavy atom. The van der Waals surface area contributed by atoms with Gasteiger partial charge in [0.15, 0.2) is 5.76 Å². The van der Waals surface area contributed by atoms with Gasteiger partial charge in [-0.1, -0.05) is 0 Å². The summed E-state index contributed by atoms with van der Waals surface area (Å²) in [6, 6.07) is 2.70. The van der Waals surface area contributed by atoms with E-state index in [9.17, 15) is 19.7 Å². The molecule has 9 nitrogen and oxygen atoms in total. The highest BCUT2D eigenvalue weighted by Gasteiger charge is 2.31. The number of thiophene rings is 1. The van der Waals surface area contributed by atoms with Gasteiger partial charge in [0.1, 0.15) is 9.92 Å². The Hall–Kier alpha value is -2.43. The van der Waals surface area contributed by atoms with E-state index >= 15 is 0 Å². The molecular weight excluding hydrogens is 422 g/mol. The number of nitrogens with zero attached hydrogens (tertiary/aromatic N) is 2. The molecule has 1 aliphatic rings. The first-order chi connectivity index (χ1) is 13.3. The van der Waals surface area contributed by atoms with Gasteiger partial charge in [0.05, 0.1) is 18.2 Å². The summed E-state index contributed by atoms with van der Waals surface area (Å²) in [7, 11) is 0. The summed E-state index contributed by atoms with van der Waals surface area (Å²) in [6.45, 7) is 7.66. The van der Waals surface area contributed by atoms with Crippen LogP contribution in [0.5, 0.6) is 0 Å². The van der Waals surface area contributed by atoms with Gasteiger partial charge in [-0.3, -0.25) is 19.8 Å². The van der Waals surface area contributed by atoms with Crippen molar-refractivity contribution in [2.24, 2.45) is 0 Å². The molecule has 0 bridgehead atoms. The van der Waals surface area contributed by atoms with Gasteiger partial charge in [-0.05, 0) is 38.8 Å². The van der Waals surface area contributed by atoms with E-state index in [1.807, 2.05) is 0 Å². The van der Waals surface area contributed by atoms with Crippen molar-refractivity contribution in [3.05, 3.63) is 44.0 Å². The van der Waals surface area contributed by atoms with E-state index in [0.29, 0.717) is 29.6 Å². The number of hydrogen-bond acceptors (Lipinski definition) is 8. The Morgan fingerprint density at radius 1 is 1.41 bits per heavy atom. The second-order valence-corrected chi connectivity index (χ2v) is 7.70. The van der Waals surface area contributed by atoms with Crippen LogP contribution in [0.3, 0.4) is 0 Å². The third-order valence-electron chi connectivity index (χ3n) is 4.52. The molecule has 0 atom stereocenters. The number of amides is 1. The van der Waals surface area contributed by atoms with E-state index in [-0.39, 0.29) is 24.8 Å². The zero-order valence-electron chi connectivity index (χ0n) is 16.2. The first-order valence-electron chi connectivity index (χ1n) is 8.93. The maximum atomic E-state index is 12.5. The van der Waals surface area contributed by atoms with Gasteiger partial charge < -0.3 is 14.5 Å². The van der Waals surface area contributed by atoms with Crippen LogP contribution in [-0.4, -0.2) is 40.9 Å². The lowest BCUT2D eigenvalue weighted by Crippen LogP contribution is -2.35. The summed E-state index contributed by atoms with van der Waals surface area (Å²) in [5.74, 6) is -1.86. The van der Waals surface area contributed by atoms with Crippen molar-refractivity contribution in [3.8, 4) is 0 Å². The van der Waals surface area contributed by atoms with Crippen LogP contribution < -0.4 is 5.32 Å². The number of carbonyl (C=O) groups excluding carboxylic acids is 2. The molecule has 2 aromatic heterocycles. The molecule has 1 amide bonds. The van der Waals surface area contributed by atoms with Crippen LogP contribution in [0.4, 0.5) is 10.9 Å². The molecular formula is C18H22ClN3O6S. The normalized spacial score (nSPS) is 13.5. The Bertz CT molecular complexity index is 923. The first kappa shape index (κ1) is 22.9. The quantitative estimate of drug-likeness (QED) is 0.409. The highest BCUT2D eigenvalue weighted by Crippen LogP contribution is 2.38. The summed E-state index contributed by atoms with van der Waals surface area (Å²) in [6.07, 6.45) is 0.681. The molecule has 0 fully saturated rings. The van der Waals surface area contributed by atoms with Crippen molar-refractivity contribution in [2.75, 3.05) is 18.5 Å². The number of carbonyl (C=O) groups is 2. The monoisotopic (exact) mass is 443 g/mol. The third kappa shape index (κ3) is 4.77. The van der Waals surface area contributed by atoms with E-state index in [2.05, 4.69) is 24.1 Å². The molecule has 0 aliphatic carbocycles. The molecule has 3 heterocycles. The van der Waals surface area contributed by atoms with Crippen LogP contribution in [0.15, 0.2) is 16.5 Å². The first-order valence-corrected chi connectivity index (χ1v) is 9.74. The number of halogens is 1. The molecule has 0 unspecified atom stereocenters. The standard InChI is InChI=1S/C18H21N3O6S.ClH/c1-4-26-18(23)15-11-7-8-20(10(2)3)9-13(11)28-17(15)19-16(22)12-5-6-14(27-12)21(24)25;/h5-6,10H,4,7-9H2,1-3H3,(H,19,22);1H. The summed E-state index contributed by atoms with van der Waals surface area (Å²) >= 11 is 1.32. The molecule has 1 aliphatic heterocycles. The fourth-order valence-corrected chi connectivity index (χ4v) is 4.34. The molecule has 1 N–H and O–H groups in total. The molecule has 158 valence electrons. The van der Waals surface area contributed by atoms with Gasteiger partial charge in [0.2, 0.25) is 0 Å². The van der Waals surface area contributed by atoms with E-state index in [1.54, 1.807) is 6.92 Å². The molecule has 11 heteroatoms. The van der Waals surface area contributed by atoms with Gasteiger partial charge in [-0.25, -0.2) is 4.79 Å². The van der Waals surface area contributed by atoms with Gasteiger partial charge in [0.25, 0.3) is 5.91 Å². The van der Waals surface area contributed by atoms with Crippen molar-refractivity contribution in [1.82, 2.24) is 4.90 Å². The Morgan fingerprint density at radius 2 is 2.14 bits per heavy atom. The Kier molecular flexibility index (Phi) is 7.39. The number of hydrogen-bond donors (Lipinski definition) is 1. The van der Waals surface area contributed by atoms with Crippen molar-refractivity contribution in [1.29, 1.82) is 0 Å². The average molecular weight is 444 g/mol. The number of ether oxygens (including phenoxy) is 1. The smallest absolute Gasteiger partial charge is 0.433 e. The molecule has 0 saturated carbocycles. The van der Waals surface area contributed by atoms with Crippen LogP contribution in [-0.2, 0) is 17.7 Å². The minimum absolute atomic E-state index is 0. The summed E-state index contributed by atoms with van der Waals surface area (Å²) in [5, 5.41) is 13.8. The fraction of sp³-hybridized carbons (Fsp3) is 0.444. The van der Waals surface area contributed by atoms with Crippen molar-refractivity contribution in [2.45, 2.75) is 39.8 Å². The lowest BCUT2D eigenvalue weighted by Gasteiger charge is -2.30. The molecule has 2 aromatic rings. The highest BCUT2D eigenvalue weighted by molar-refractivity contribution is 7.17. The van der Waals surface area contributed by atoms with E-state index in [0.717, 1.165) is 23.1 Å². The van der Waals surface area contributed by atoms with Crippen LogP contribution in [0.1, 0.15) is 52.1 Å². The summed E-state index contributed by atoms with van der Waals surface area (Å²) in [4.78, 5) is 38.3. The second-order valence-electron chi connectivity index (χ2n) is 6.59. The zero-order chi connectivity index (χ0) is 20.4. The molecule has 0 aromatic carbocycles. The number of esters is 1. The fourth-order valence-electron chi connectivity index (χ4n) is 3.08. The SMILES string of the molecule is CCOC(=O)c1c(NC(=O)c2ccc([N+](=O)[O-])o2)sc2c1CCN(C(C)C)C2.Cl. The molecule has 0 saturated heterocycles. The Labute approximate surface area is 177 Å². The lowest BCUT2D eigenvalue weighted by atomic mass is 10.0. The minimum Gasteiger partial charge on any atom is -0.462 e. The predicted molar refractivity (Wildman–Crippen MR) is 110 cm³/mol. The van der Waals surface area contributed by atoms with Crippen molar-refractivity contribution in [3.63, 3.8) is 0 Å². The van der Waals surface area contributed by atoms with Gasteiger partial charge in [0, 0.05) is 24.0 Å². The number of nitrogens with one attached hydrogen (secondary N) is 1. The zero-order valence-corrected chi connectivity index (χ0v) is 17.9. The minimum atomic E-state index is -0.717. The van der Waals surface area contributed by atoms with E-state index < -0.39 is 22.7 Å². The molecule has 29 heavy (non-hydrogen) atoms. The summed E-state index contributed by atoms with van der Waals surface area (Å²) < 4.78 is 10.1. The van der Waals surface area contributed by atoms with Crippen LogP contribution >= 0.6 is 23.7 Å². The van der Waals surface area contributed by atoms with Gasteiger partial charge in [-0.15, -0.1) is 23.7 Å². The number of rotatable bonds is 6. The third-order valence-corrected chi connectivity index (χ3v) is 5.65. The van der Waals surface area contributed by atoms with Gasteiger partial charge in [-0.2, -0.15) is 0 Å². The maximum Gasteiger partial charge on any atom is 0.433 e. The molecule has 0 radical (unpaired) electrons. The maximum absolute atomic E-state index is 12.5. The molecule has 3 rings (SSSR count). The van der Waals surface area contributed by atoms with Crippen LogP contribution in [0, 0.1) is 10.1 Å². The number of anilines is 1. The Balaban J connectivity index is 0.00000300. The highest BCUT2D eigenvalue weighted by atomic mass is 35.5. The predicted octanol–water partition coefficient (Wildman–Crippen LogP) is 3.87. The van der Waals surface area contributed by atoms with Gasteiger partial charge >= 0.3 is 11.9 Å². The average Bonchev–Trinajstić information content (AvgIpc) is 3.26. The van der Waals surface area contributed by atoms with Crippen molar-refractivity contribution < 1.29 is 23.7 Å². The van der Waals surface area contributed by atoms with Crippen molar-refractivity contribution >= 4 is 46.5 Å². The number of nitro groups is 1. The van der Waals surface area contributed by atoms with Crippen LogP contribution in [0.2, 0.25) is 0 Å². The largest absolute Gasteiger partial charge is 0.462 e. The second kappa shape index (κ2) is 9.38. The molecule has 0 spiro atoms. The number of furan rings is 1. The van der Waals surface area contributed by atoms with Crippen LogP contribution in [0.25, 0.3) is 0 Å². The number of fused-ring (bicyclic) bond motifs is 1. The van der Waals surface area contributed by atoms with E-state index in [4.69, 9.17) is 9.15 Å². The topological polar surface area (TPSA) is 115 Å².